The first-order valence-electron chi connectivity index (χ1n) is 13.1. The summed E-state index contributed by atoms with van der Waals surface area (Å²) in [6.07, 6.45) is 0.395. The van der Waals surface area contributed by atoms with Crippen molar-refractivity contribution >= 4 is 29.5 Å². The molecule has 38 heavy (non-hydrogen) atoms. The molecule has 3 atom stereocenters. The van der Waals surface area contributed by atoms with Crippen molar-refractivity contribution in [2.75, 3.05) is 18.4 Å². The van der Waals surface area contributed by atoms with Gasteiger partial charge >= 0.3 is 12.1 Å². The molecule has 0 aromatic heterocycles. The van der Waals surface area contributed by atoms with Crippen LogP contribution in [0.4, 0.5) is 15.3 Å². The molecule has 0 bridgehead atoms. The summed E-state index contributed by atoms with van der Waals surface area (Å²) in [5.41, 5.74) is 1.04. The van der Waals surface area contributed by atoms with Crippen molar-refractivity contribution in [1.29, 1.82) is 0 Å². The SMILES string of the molecule is CCCC[C@H](NC(=O)O[C@@H]1CN(C(=O)Nc2ccccc2)CC1(C)C)C(=O)C(=O)N[C@H](C)c1ccccc1. The molecule has 9 nitrogen and oxygen atoms in total. The molecule has 1 saturated heterocycles. The fourth-order valence-corrected chi connectivity index (χ4v) is 4.41. The highest BCUT2D eigenvalue weighted by molar-refractivity contribution is 6.38. The van der Waals surface area contributed by atoms with E-state index in [2.05, 4.69) is 16.0 Å². The Morgan fingerprint density at radius 1 is 1.00 bits per heavy atom. The van der Waals surface area contributed by atoms with E-state index in [1.807, 2.05) is 69.3 Å². The van der Waals surface area contributed by atoms with E-state index in [1.165, 1.54) is 0 Å². The van der Waals surface area contributed by atoms with Crippen molar-refractivity contribution in [3.8, 4) is 0 Å². The number of alkyl carbamates (subject to hydrolysis) is 1. The normalized spacial score (nSPS) is 17.7. The average Bonchev–Trinajstić information content (AvgIpc) is 3.20. The minimum atomic E-state index is -1.01. The van der Waals surface area contributed by atoms with Gasteiger partial charge in [0.2, 0.25) is 5.78 Å². The molecule has 1 aliphatic heterocycles. The molecular weight excluding hydrogens is 484 g/mol. The minimum Gasteiger partial charge on any atom is -0.444 e. The molecule has 1 fully saturated rings. The highest BCUT2D eigenvalue weighted by Gasteiger charge is 2.44. The molecule has 9 heteroatoms. The van der Waals surface area contributed by atoms with E-state index in [4.69, 9.17) is 4.74 Å². The Labute approximate surface area is 224 Å². The molecule has 2 aromatic rings. The van der Waals surface area contributed by atoms with Crippen LogP contribution in [-0.4, -0.2) is 54.0 Å². The number of Topliss-reactive ketones (excluding diaryl/α,β-unsaturated/α-hetero) is 1. The molecule has 3 N–H and O–H groups in total. The van der Waals surface area contributed by atoms with Crippen LogP contribution in [0.25, 0.3) is 0 Å². The Morgan fingerprint density at radius 2 is 1.63 bits per heavy atom. The molecule has 1 aliphatic rings. The van der Waals surface area contributed by atoms with Crippen molar-refractivity contribution in [2.24, 2.45) is 5.41 Å². The lowest BCUT2D eigenvalue weighted by Crippen LogP contribution is -2.49. The Hall–Kier alpha value is -3.88. The van der Waals surface area contributed by atoms with Crippen molar-refractivity contribution in [2.45, 2.75) is 65.1 Å². The zero-order valence-electron chi connectivity index (χ0n) is 22.5. The topological polar surface area (TPSA) is 117 Å². The van der Waals surface area contributed by atoms with Gasteiger partial charge < -0.3 is 25.6 Å². The van der Waals surface area contributed by atoms with Gasteiger partial charge in [0, 0.05) is 17.6 Å². The highest BCUT2D eigenvalue weighted by atomic mass is 16.6. The average molecular weight is 523 g/mol. The van der Waals surface area contributed by atoms with Gasteiger partial charge in [0.15, 0.2) is 0 Å². The molecule has 0 radical (unpaired) electrons. The van der Waals surface area contributed by atoms with Gasteiger partial charge in [-0.15, -0.1) is 0 Å². The first-order valence-corrected chi connectivity index (χ1v) is 13.1. The third-order valence-electron chi connectivity index (χ3n) is 6.74. The summed E-state index contributed by atoms with van der Waals surface area (Å²) in [6, 6.07) is 16.8. The number of ketones is 1. The number of amides is 4. The second kappa shape index (κ2) is 13.1. The van der Waals surface area contributed by atoms with E-state index in [1.54, 1.807) is 24.0 Å². The molecule has 3 rings (SSSR count). The maximum absolute atomic E-state index is 13.0. The number of anilines is 1. The summed E-state index contributed by atoms with van der Waals surface area (Å²) < 4.78 is 5.69. The fraction of sp³-hybridized carbons (Fsp3) is 0.448. The van der Waals surface area contributed by atoms with Gasteiger partial charge in [0.05, 0.1) is 12.6 Å². The number of nitrogens with zero attached hydrogens (tertiary/aromatic N) is 1. The summed E-state index contributed by atoms with van der Waals surface area (Å²) in [5, 5.41) is 8.17. The second-order valence-corrected chi connectivity index (χ2v) is 10.4. The predicted molar refractivity (Wildman–Crippen MR) is 146 cm³/mol. The molecule has 4 amide bonds. The summed E-state index contributed by atoms with van der Waals surface area (Å²) in [7, 11) is 0. The lowest BCUT2D eigenvalue weighted by Gasteiger charge is -2.26. The Kier molecular flexibility index (Phi) is 9.87. The van der Waals surface area contributed by atoms with Gasteiger partial charge in [-0.3, -0.25) is 9.59 Å². The maximum atomic E-state index is 13.0. The lowest BCUT2D eigenvalue weighted by molar-refractivity contribution is -0.139. The summed E-state index contributed by atoms with van der Waals surface area (Å²) in [6.45, 7) is 8.19. The Balaban J connectivity index is 1.59. The molecule has 0 aliphatic carbocycles. The van der Waals surface area contributed by atoms with E-state index >= 15 is 0 Å². The van der Waals surface area contributed by atoms with Crippen LogP contribution in [0.2, 0.25) is 0 Å². The van der Waals surface area contributed by atoms with E-state index in [0.717, 1.165) is 12.0 Å². The number of urea groups is 1. The fourth-order valence-electron chi connectivity index (χ4n) is 4.41. The van der Waals surface area contributed by atoms with E-state index in [0.29, 0.717) is 25.1 Å². The molecule has 0 unspecified atom stereocenters. The zero-order chi connectivity index (χ0) is 27.7. The standard InChI is InChI=1S/C29H38N4O5/c1-5-6-17-23(25(34)26(35)30-20(2)21-13-9-7-10-14-21)32-28(37)38-24-18-33(19-29(24,3)4)27(36)31-22-15-11-8-12-16-22/h7-16,20,23-24H,5-6,17-19H2,1-4H3,(H,30,35)(H,31,36)(H,32,37)/t20-,23+,24-/m1/s1. The quantitative estimate of drug-likeness (QED) is 0.393. The van der Waals surface area contributed by atoms with Crippen LogP contribution in [-0.2, 0) is 14.3 Å². The van der Waals surface area contributed by atoms with Gasteiger partial charge in [0.25, 0.3) is 5.91 Å². The highest BCUT2D eigenvalue weighted by Crippen LogP contribution is 2.32. The van der Waals surface area contributed by atoms with Crippen LogP contribution in [0.3, 0.4) is 0 Å². The number of para-hydroxylation sites is 1. The number of rotatable bonds is 10. The predicted octanol–water partition coefficient (Wildman–Crippen LogP) is 4.66. The number of benzene rings is 2. The van der Waals surface area contributed by atoms with Crippen molar-refractivity contribution in [1.82, 2.24) is 15.5 Å². The van der Waals surface area contributed by atoms with Crippen molar-refractivity contribution < 1.29 is 23.9 Å². The Bertz CT molecular complexity index is 1110. The molecule has 2 aromatic carbocycles. The number of carbonyl (C=O) groups is 4. The second-order valence-electron chi connectivity index (χ2n) is 10.4. The van der Waals surface area contributed by atoms with Crippen LogP contribution in [0.15, 0.2) is 60.7 Å². The summed E-state index contributed by atoms with van der Waals surface area (Å²) >= 11 is 0. The number of nitrogens with one attached hydrogen (secondary N) is 3. The number of likely N-dealkylation sites (tertiary alicyclic amines) is 1. The van der Waals surface area contributed by atoms with Gasteiger partial charge in [-0.25, -0.2) is 9.59 Å². The number of ether oxygens (including phenoxy) is 1. The smallest absolute Gasteiger partial charge is 0.408 e. The lowest BCUT2D eigenvalue weighted by atomic mass is 9.90. The summed E-state index contributed by atoms with van der Waals surface area (Å²) in [5.74, 6) is -1.47. The van der Waals surface area contributed by atoms with Gasteiger partial charge in [-0.1, -0.05) is 82.1 Å². The first kappa shape index (κ1) is 28.7. The van der Waals surface area contributed by atoms with E-state index in [9.17, 15) is 19.2 Å². The molecule has 204 valence electrons. The van der Waals surface area contributed by atoms with Crippen LogP contribution in [0.1, 0.15) is 58.6 Å². The van der Waals surface area contributed by atoms with Gasteiger partial charge in [-0.2, -0.15) is 0 Å². The Morgan fingerprint density at radius 3 is 2.26 bits per heavy atom. The number of unbranched alkanes of at least 4 members (excludes halogenated alkanes) is 1. The molecule has 0 spiro atoms. The van der Waals surface area contributed by atoms with E-state index < -0.39 is 35.3 Å². The molecular formula is C29H38N4O5. The zero-order valence-corrected chi connectivity index (χ0v) is 22.5. The van der Waals surface area contributed by atoms with Gasteiger partial charge in [0.1, 0.15) is 12.1 Å². The van der Waals surface area contributed by atoms with Gasteiger partial charge in [-0.05, 0) is 31.0 Å². The number of hydrogen-bond acceptors (Lipinski definition) is 5. The monoisotopic (exact) mass is 522 g/mol. The van der Waals surface area contributed by atoms with Crippen LogP contribution in [0, 0.1) is 5.41 Å². The largest absolute Gasteiger partial charge is 0.444 e. The third kappa shape index (κ3) is 7.81. The molecule has 1 heterocycles. The maximum Gasteiger partial charge on any atom is 0.408 e. The van der Waals surface area contributed by atoms with Crippen LogP contribution >= 0.6 is 0 Å². The van der Waals surface area contributed by atoms with E-state index in [-0.39, 0.29) is 18.6 Å². The van der Waals surface area contributed by atoms with Crippen molar-refractivity contribution in [3.63, 3.8) is 0 Å². The van der Waals surface area contributed by atoms with Crippen molar-refractivity contribution in [3.05, 3.63) is 66.2 Å². The number of carbonyl (C=O) groups excluding carboxylic acids is 4. The summed E-state index contributed by atoms with van der Waals surface area (Å²) in [4.78, 5) is 52.9. The van der Waals surface area contributed by atoms with Crippen LogP contribution < -0.4 is 16.0 Å². The number of hydrogen-bond donors (Lipinski definition) is 3. The minimum absolute atomic E-state index is 0.210. The molecule has 0 saturated carbocycles. The first-order chi connectivity index (χ1) is 18.1. The third-order valence-corrected chi connectivity index (χ3v) is 6.74. The van der Waals surface area contributed by atoms with Crippen LogP contribution in [0.5, 0.6) is 0 Å².